The molecule has 0 radical (unpaired) electrons. The summed E-state index contributed by atoms with van der Waals surface area (Å²) in [6.45, 7) is 8.03. The Morgan fingerprint density at radius 2 is 1.69 bits per heavy atom. The van der Waals surface area contributed by atoms with Gasteiger partial charge in [0.1, 0.15) is 42.8 Å². The van der Waals surface area contributed by atoms with Crippen molar-refractivity contribution in [2.75, 3.05) is 40.0 Å². The third-order valence-corrected chi connectivity index (χ3v) is 8.81. The highest BCUT2D eigenvalue weighted by atomic mass is 16.5. The zero-order valence-electron chi connectivity index (χ0n) is 30.4. The number of benzene rings is 2. The van der Waals surface area contributed by atoms with Crippen LogP contribution in [0.15, 0.2) is 48.5 Å². The Kier molecular flexibility index (Phi) is 14.7. The first kappa shape index (κ1) is 39.1. The monoisotopic (exact) mass is 707 g/mol. The Balaban J connectivity index is 1.67. The fourth-order valence-corrected chi connectivity index (χ4v) is 5.95. The number of nitrogens with zero attached hydrogens (tertiary/aromatic N) is 1. The molecule has 0 unspecified atom stereocenters. The van der Waals surface area contributed by atoms with Crippen LogP contribution in [0.25, 0.3) is 0 Å². The molecule has 5 rings (SSSR count). The molecule has 4 N–H and O–H groups in total. The van der Waals surface area contributed by atoms with Gasteiger partial charge in [0.05, 0.1) is 19.7 Å². The van der Waals surface area contributed by atoms with Crippen LogP contribution in [-0.4, -0.2) is 98.6 Å². The molecule has 0 aromatic heterocycles. The number of rotatable bonds is 11. The van der Waals surface area contributed by atoms with Crippen LogP contribution in [0.5, 0.6) is 11.5 Å². The molecule has 278 valence electrons. The molecule has 1 fully saturated rings. The van der Waals surface area contributed by atoms with E-state index in [4.69, 9.17) is 14.2 Å². The van der Waals surface area contributed by atoms with Gasteiger partial charge in [-0.3, -0.25) is 24.0 Å². The van der Waals surface area contributed by atoms with Crippen molar-refractivity contribution in [2.45, 2.75) is 84.0 Å². The molecule has 1 aliphatic carbocycles. The number of nitrogens with one attached hydrogen (secondary N) is 4. The fourth-order valence-electron chi connectivity index (χ4n) is 5.95. The van der Waals surface area contributed by atoms with Gasteiger partial charge in [0, 0.05) is 26.0 Å². The number of carbonyl (C=O) groups is 5. The van der Waals surface area contributed by atoms with E-state index in [-0.39, 0.29) is 50.5 Å². The molecule has 2 aromatic rings. The van der Waals surface area contributed by atoms with E-state index in [2.05, 4.69) is 35.1 Å². The quantitative estimate of drug-likeness (QED) is 0.258. The van der Waals surface area contributed by atoms with Gasteiger partial charge in [-0.15, -0.1) is 0 Å². The minimum absolute atomic E-state index is 0.0968. The Morgan fingerprint density at radius 3 is 2.31 bits per heavy atom. The molecule has 4 atom stereocenters. The normalized spacial score (nSPS) is 22.4. The molecule has 51 heavy (non-hydrogen) atoms. The highest BCUT2D eigenvalue weighted by Gasteiger charge is 2.33. The number of carbonyl (C=O) groups excluding carboxylic acids is 5. The second-order valence-corrected chi connectivity index (χ2v) is 13.8. The van der Waals surface area contributed by atoms with Gasteiger partial charge < -0.3 is 40.4 Å². The molecular weight excluding hydrogens is 654 g/mol. The Bertz CT molecular complexity index is 1480. The lowest BCUT2D eigenvalue weighted by atomic mass is 10.0. The standard InChI is InChI=1S/C38H53N5O8/c1-6-50-23-35(45)41-32-18-27-11-15-31(16-12-27)51-22-29(17-24(2)3)40-34(44)21-43(20-28-7-8-28)38(48)25(4)39-36(46)33(42-37(32)47)19-26-9-13-30(49-5)14-10-26/h9-16,24-25,28-29,32-33H,6-8,17-23H2,1-5H3,(H,39,46)(H,40,44)(H,41,45)(H,42,47)/t25-,29+,32+,33+/m1/s1. The van der Waals surface area contributed by atoms with Crippen LogP contribution in [-0.2, 0) is 41.6 Å². The largest absolute Gasteiger partial charge is 0.497 e. The molecule has 2 aliphatic heterocycles. The summed E-state index contributed by atoms with van der Waals surface area (Å²) in [5, 5.41) is 11.4. The smallest absolute Gasteiger partial charge is 0.246 e. The van der Waals surface area contributed by atoms with Gasteiger partial charge in [0.2, 0.25) is 29.5 Å². The molecule has 2 bridgehead atoms. The summed E-state index contributed by atoms with van der Waals surface area (Å²) in [7, 11) is 1.55. The molecule has 2 aromatic carbocycles. The van der Waals surface area contributed by atoms with Crippen molar-refractivity contribution >= 4 is 29.5 Å². The summed E-state index contributed by atoms with van der Waals surface area (Å²) in [4.78, 5) is 69.3. The van der Waals surface area contributed by atoms with Gasteiger partial charge in [-0.1, -0.05) is 38.1 Å². The van der Waals surface area contributed by atoms with E-state index >= 15 is 0 Å². The highest BCUT2D eigenvalue weighted by Crippen LogP contribution is 2.30. The average Bonchev–Trinajstić information content (AvgIpc) is 3.92. The van der Waals surface area contributed by atoms with Gasteiger partial charge in [-0.25, -0.2) is 0 Å². The van der Waals surface area contributed by atoms with Gasteiger partial charge in [0.15, 0.2) is 0 Å². The third kappa shape index (κ3) is 12.9. The van der Waals surface area contributed by atoms with E-state index in [1.54, 1.807) is 57.4 Å². The van der Waals surface area contributed by atoms with Crippen LogP contribution >= 0.6 is 0 Å². The Hall–Kier alpha value is -4.65. The van der Waals surface area contributed by atoms with E-state index in [0.29, 0.717) is 37.0 Å². The Labute approximate surface area is 300 Å². The lowest BCUT2D eigenvalue weighted by Crippen LogP contribution is -2.58. The molecule has 5 amide bonds. The number of amides is 5. The van der Waals surface area contributed by atoms with Gasteiger partial charge in [-0.05, 0) is 80.3 Å². The first-order valence-electron chi connectivity index (χ1n) is 17.8. The number of fused-ring (bicyclic) bond motifs is 17. The predicted molar refractivity (Wildman–Crippen MR) is 191 cm³/mol. The lowest BCUT2D eigenvalue weighted by molar-refractivity contribution is -0.140. The molecule has 0 spiro atoms. The summed E-state index contributed by atoms with van der Waals surface area (Å²) in [5.74, 6) is -0.553. The summed E-state index contributed by atoms with van der Waals surface area (Å²) < 4.78 is 16.6. The first-order chi connectivity index (χ1) is 24.4. The van der Waals surface area contributed by atoms with Gasteiger partial charge >= 0.3 is 0 Å². The van der Waals surface area contributed by atoms with Crippen LogP contribution in [0.1, 0.15) is 58.1 Å². The number of hydrogen-bond donors (Lipinski definition) is 4. The molecule has 0 saturated heterocycles. The molecule has 13 nitrogen and oxygen atoms in total. The molecule has 13 heteroatoms. The molecule has 3 aliphatic rings. The third-order valence-electron chi connectivity index (χ3n) is 8.81. The fraction of sp³-hybridized carbons (Fsp3) is 0.553. The minimum atomic E-state index is -1.11. The number of hydrogen-bond acceptors (Lipinski definition) is 8. The summed E-state index contributed by atoms with van der Waals surface area (Å²) in [6, 6.07) is 10.8. The van der Waals surface area contributed by atoms with Crippen LogP contribution in [0, 0.1) is 11.8 Å². The molecular formula is C38H53N5O8. The van der Waals surface area contributed by atoms with E-state index in [1.165, 1.54) is 4.90 Å². The first-order valence-corrected chi connectivity index (χ1v) is 17.8. The van der Waals surface area contributed by atoms with Crippen molar-refractivity contribution in [3.05, 3.63) is 59.7 Å². The zero-order chi connectivity index (χ0) is 36.9. The van der Waals surface area contributed by atoms with Crippen molar-refractivity contribution in [1.82, 2.24) is 26.2 Å². The minimum Gasteiger partial charge on any atom is -0.497 e. The summed E-state index contributed by atoms with van der Waals surface area (Å²) in [5.41, 5.74) is 1.48. The summed E-state index contributed by atoms with van der Waals surface area (Å²) >= 11 is 0. The van der Waals surface area contributed by atoms with Crippen molar-refractivity contribution in [2.24, 2.45) is 11.8 Å². The average molecular weight is 708 g/mol. The second kappa shape index (κ2) is 19.1. The van der Waals surface area contributed by atoms with Crippen molar-refractivity contribution in [1.29, 1.82) is 0 Å². The number of methoxy groups -OCH3 is 1. The maximum atomic E-state index is 13.9. The van der Waals surface area contributed by atoms with Crippen molar-refractivity contribution in [3.8, 4) is 11.5 Å². The summed E-state index contributed by atoms with van der Waals surface area (Å²) in [6.07, 6.45) is 2.82. The van der Waals surface area contributed by atoms with E-state index in [1.807, 2.05) is 12.1 Å². The lowest BCUT2D eigenvalue weighted by Gasteiger charge is -2.29. The van der Waals surface area contributed by atoms with E-state index in [0.717, 1.165) is 24.0 Å². The number of ether oxygens (including phenoxy) is 3. The van der Waals surface area contributed by atoms with E-state index in [9.17, 15) is 24.0 Å². The van der Waals surface area contributed by atoms with Crippen LogP contribution < -0.4 is 30.7 Å². The maximum absolute atomic E-state index is 13.9. The SMILES string of the molecule is CCOCC(=O)N[C@H]1Cc2ccc(cc2)OC[C@H](CC(C)C)NC(=O)CN(CC2CC2)C(=O)[C@@H](C)NC(=O)[C@H](Cc2ccc(OC)cc2)NC1=O. The Morgan fingerprint density at radius 1 is 0.980 bits per heavy atom. The van der Waals surface area contributed by atoms with Crippen molar-refractivity contribution in [3.63, 3.8) is 0 Å². The molecule has 2 heterocycles. The van der Waals surface area contributed by atoms with E-state index < -0.39 is 41.8 Å². The zero-order valence-corrected chi connectivity index (χ0v) is 30.4. The van der Waals surface area contributed by atoms with Crippen LogP contribution in [0.3, 0.4) is 0 Å². The van der Waals surface area contributed by atoms with Gasteiger partial charge in [0.25, 0.3) is 0 Å². The van der Waals surface area contributed by atoms with Crippen LogP contribution in [0.2, 0.25) is 0 Å². The topological polar surface area (TPSA) is 164 Å². The van der Waals surface area contributed by atoms with Gasteiger partial charge in [-0.2, -0.15) is 0 Å². The predicted octanol–water partition coefficient (Wildman–Crippen LogP) is 2.15. The second-order valence-electron chi connectivity index (χ2n) is 13.8. The van der Waals surface area contributed by atoms with Crippen LogP contribution in [0.4, 0.5) is 0 Å². The molecule has 1 saturated carbocycles. The maximum Gasteiger partial charge on any atom is 0.246 e. The highest BCUT2D eigenvalue weighted by molar-refractivity contribution is 5.95. The van der Waals surface area contributed by atoms with Crippen molar-refractivity contribution < 1.29 is 38.2 Å².